The summed E-state index contributed by atoms with van der Waals surface area (Å²) in [6.45, 7) is 10.9. The summed E-state index contributed by atoms with van der Waals surface area (Å²) < 4.78 is 0. The average Bonchev–Trinajstić information content (AvgIpc) is 1.97. The second kappa shape index (κ2) is 4.08. The van der Waals surface area contributed by atoms with E-state index >= 15 is 0 Å². The van der Waals surface area contributed by atoms with Gasteiger partial charge in [-0.15, -0.1) is 17.0 Å². The van der Waals surface area contributed by atoms with Crippen molar-refractivity contribution in [2.75, 3.05) is 0 Å². The van der Waals surface area contributed by atoms with Crippen LogP contribution >= 0.6 is 17.0 Å². The summed E-state index contributed by atoms with van der Waals surface area (Å²) in [4.78, 5) is 0. The first-order valence-electron chi connectivity index (χ1n) is 4.08. The Balaban J connectivity index is 0.00000121. The van der Waals surface area contributed by atoms with Crippen molar-refractivity contribution in [1.82, 2.24) is 0 Å². The minimum absolute atomic E-state index is 0. The number of hydrogen-bond acceptors (Lipinski definition) is 0. The first kappa shape index (κ1) is 11.7. The molecule has 0 unspecified atom stereocenters. The van der Waals surface area contributed by atoms with Gasteiger partial charge >= 0.3 is 0 Å². The quantitative estimate of drug-likeness (QED) is 0.634. The van der Waals surface area contributed by atoms with E-state index in [4.69, 9.17) is 0 Å². The van der Waals surface area contributed by atoms with Crippen molar-refractivity contribution in [3.05, 3.63) is 33.9 Å². The van der Waals surface area contributed by atoms with Gasteiger partial charge in [-0.25, -0.2) is 0 Å². The molecule has 0 aromatic heterocycles. The van der Waals surface area contributed by atoms with Gasteiger partial charge in [-0.2, -0.15) is 0 Å². The molecule has 0 fully saturated rings. The number of hydrogen-bond donors (Lipinski definition) is 0. The van der Waals surface area contributed by atoms with Gasteiger partial charge in [0.25, 0.3) is 0 Å². The fraction of sp³-hybridized carbons (Fsp3) is 0.455. The molecule has 12 heavy (non-hydrogen) atoms. The number of benzene rings is 1. The second-order valence-corrected chi connectivity index (χ2v) is 3.39. The van der Waals surface area contributed by atoms with E-state index in [-0.39, 0.29) is 17.0 Å². The van der Waals surface area contributed by atoms with E-state index in [2.05, 4.69) is 40.7 Å². The van der Waals surface area contributed by atoms with Gasteiger partial charge in [-0.3, -0.25) is 0 Å². The van der Waals surface area contributed by atoms with Crippen molar-refractivity contribution in [3.8, 4) is 0 Å². The fourth-order valence-electron chi connectivity index (χ4n) is 1.41. The van der Waals surface area contributed by atoms with Gasteiger partial charge in [-0.1, -0.05) is 6.07 Å². The molecule has 0 aliphatic rings. The van der Waals surface area contributed by atoms with Gasteiger partial charge < -0.3 is 0 Å². The van der Waals surface area contributed by atoms with E-state index in [0.717, 1.165) is 0 Å². The van der Waals surface area contributed by atoms with E-state index < -0.39 is 0 Å². The summed E-state index contributed by atoms with van der Waals surface area (Å²) in [7, 11) is 0. The predicted molar refractivity (Wildman–Crippen MR) is 60.4 cm³/mol. The number of aryl methyl sites for hydroxylation is 2. The summed E-state index contributed by atoms with van der Waals surface area (Å²) in [6, 6.07) is 2.26. The normalized spacial score (nSPS) is 9.42. The van der Waals surface area contributed by atoms with Crippen LogP contribution in [0.5, 0.6) is 0 Å². The lowest BCUT2D eigenvalue weighted by molar-refractivity contribution is 1.18. The first-order chi connectivity index (χ1) is 5.04. The third-order valence-corrected chi connectivity index (χ3v) is 2.74. The lowest BCUT2D eigenvalue weighted by atomic mass is 9.96. The zero-order valence-corrected chi connectivity index (χ0v) is 10.2. The van der Waals surface area contributed by atoms with Crippen LogP contribution in [0.3, 0.4) is 0 Å². The Labute approximate surface area is 85.8 Å². The average molecular weight is 229 g/mol. The largest absolute Gasteiger partial charge is 0.114 e. The summed E-state index contributed by atoms with van der Waals surface area (Å²) in [6.07, 6.45) is 0. The maximum atomic E-state index is 2.26. The SMILES string of the molecule is Br.Cc1cc(C)c(C)c(C)c1C. The number of halogens is 1. The van der Waals surface area contributed by atoms with E-state index in [0.29, 0.717) is 0 Å². The van der Waals surface area contributed by atoms with Crippen LogP contribution in [0.4, 0.5) is 0 Å². The summed E-state index contributed by atoms with van der Waals surface area (Å²) >= 11 is 0. The van der Waals surface area contributed by atoms with Crippen LogP contribution in [0.1, 0.15) is 27.8 Å². The smallest absolute Gasteiger partial charge is 0.0392 e. The van der Waals surface area contributed by atoms with Gasteiger partial charge in [0.05, 0.1) is 0 Å². The Hall–Kier alpha value is -0.300. The minimum atomic E-state index is 0. The van der Waals surface area contributed by atoms with Crippen molar-refractivity contribution in [3.63, 3.8) is 0 Å². The number of rotatable bonds is 0. The van der Waals surface area contributed by atoms with Crippen molar-refractivity contribution in [1.29, 1.82) is 0 Å². The molecule has 1 rings (SSSR count). The molecule has 1 heteroatoms. The maximum absolute atomic E-state index is 2.26. The summed E-state index contributed by atoms with van der Waals surface area (Å²) in [5.74, 6) is 0. The van der Waals surface area contributed by atoms with Gasteiger partial charge in [0.15, 0.2) is 0 Å². The van der Waals surface area contributed by atoms with Gasteiger partial charge in [-0.05, 0) is 62.4 Å². The highest BCUT2D eigenvalue weighted by Crippen LogP contribution is 2.19. The third kappa shape index (κ3) is 1.89. The molecule has 0 aliphatic carbocycles. The van der Waals surface area contributed by atoms with Crippen molar-refractivity contribution >= 4 is 17.0 Å². The molecule has 0 bridgehead atoms. The van der Waals surface area contributed by atoms with Crippen LogP contribution in [-0.4, -0.2) is 0 Å². The van der Waals surface area contributed by atoms with E-state index in [1.165, 1.54) is 27.8 Å². The highest BCUT2D eigenvalue weighted by atomic mass is 79.9. The monoisotopic (exact) mass is 228 g/mol. The zero-order valence-electron chi connectivity index (χ0n) is 8.49. The summed E-state index contributed by atoms with van der Waals surface area (Å²) in [5.41, 5.74) is 7.14. The van der Waals surface area contributed by atoms with Crippen molar-refractivity contribution < 1.29 is 0 Å². The first-order valence-corrected chi connectivity index (χ1v) is 4.08. The molecule has 0 amide bonds. The molecule has 0 saturated carbocycles. The molecule has 0 saturated heterocycles. The second-order valence-electron chi connectivity index (χ2n) is 3.39. The lowest BCUT2D eigenvalue weighted by Gasteiger charge is -2.10. The van der Waals surface area contributed by atoms with Crippen LogP contribution in [0, 0.1) is 34.6 Å². The summed E-state index contributed by atoms with van der Waals surface area (Å²) in [5, 5.41) is 0. The van der Waals surface area contributed by atoms with E-state index in [1.807, 2.05) is 0 Å². The van der Waals surface area contributed by atoms with Crippen LogP contribution in [0.25, 0.3) is 0 Å². The minimum Gasteiger partial charge on any atom is -0.114 e. The molecular weight excluding hydrogens is 212 g/mol. The molecular formula is C11H17Br. The Kier molecular flexibility index (Phi) is 3.98. The molecule has 0 spiro atoms. The molecule has 0 N–H and O–H groups in total. The lowest BCUT2D eigenvalue weighted by Crippen LogP contribution is -1.93. The molecule has 0 aliphatic heterocycles. The molecule has 0 radical (unpaired) electrons. The Bertz CT molecular complexity index is 261. The van der Waals surface area contributed by atoms with E-state index in [9.17, 15) is 0 Å². The third-order valence-electron chi connectivity index (χ3n) is 2.74. The van der Waals surface area contributed by atoms with Gasteiger partial charge in [0.1, 0.15) is 0 Å². The van der Waals surface area contributed by atoms with Crippen LogP contribution in [0.15, 0.2) is 6.07 Å². The predicted octanol–water partition coefficient (Wildman–Crippen LogP) is 3.81. The van der Waals surface area contributed by atoms with Gasteiger partial charge in [0, 0.05) is 0 Å². The zero-order chi connectivity index (χ0) is 8.59. The standard InChI is InChI=1S/C11H16.BrH/c1-7-6-8(2)10(4)11(5)9(7)3;/h6H,1-5H3;1H. The Morgan fingerprint density at radius 1 is 0.667 bits per heavy atom. The molecule has 0 heterocycles. The molecule has 68 valence electrons. The highest BCUT2D eigenvalue weighted by molar-refractivity contribution is 8.93. The molecule has 1 aromatic carbocycles. The fourth-order valence-corrected chi connectivity index (χ4v) is 1.41. The maximum Gasteiger partial charge on any atom is -0.0392 e. The molecule has 0 nitrogen and oxygen atoms in total. The Morgan fingerprint density at radius 3 is 1.33 bits per heavy atom. The van der Waals surface area contributed by atoms with Crippen molar-refractivity contribution in [2.45, 2.75) is 34.6 Å². The van der Waals surface area contributed by atoms with Crippen LogP contribution in [0.2, 0.25) is 0 Å². The molecule has 1 aromatic rings. The van der Waals surface area contributed by atoms with Crippen molar-refractivity contribution in [2.24, 2.45) is 0 Å². The van der Waals surface area contributed by atoms with Gasteiger partial charge in [0.2, 0.25) is 0 Å². The van der Waals surface area contributed by atoms with Crippen LogP contribution < -0.4 is 0 Å². The van der Waals surface area contributed by atoms with Crippen LogP contribution in [-0.2, 0) is 0 Å². The molecule has 0 atom stereocenters. The topological polar surface area (TPSA) is 0 Å². The highest BCUT2D eigenvalue weighted by Gasteiger charge is 2.02. The Morgan fingerprint density at radius 2 is 1.00 bits per heavy atom. The van der Waals surface area contributed by atoms with E-state index in [1.54, 1.807) is 0 Å².